The summed E-state index contributed by atoms with van der Waals surface area (Å²) in [4.78, 5) is 31.8. The number of likely N-dealkylation sites (N-methyl/N-ethyl adjacent to an activating group) is 1. The number of likely N-dealkylation sites (tertiary alicyclic amines) is 1. The van der Waals surface area contributed by atoms with E-state index in [1.54, 1.807) is 4.90 Å². The zero-order valence-electron chi connectivity index (χ0n) is 11.7. The highest BCUT2D eigenvalue weighted by molar-refractivity contribution is 5.79. The minimum absolute atomic E-state index is 0.104. The number of piperazine rings is 1. The summed E-state index contributed by atoms with van der Waals surface area (Å²) in [6.45, 7) is 6.70. The summed E-state index contributed by atoms with van der Waals surface area (Å²) >= 11 is 0. The van der Waals surface area contributed by atoms with Crippen molar-refractivity contribution in [1.82, 2.24) is 19.6 Å². The van der Waals surface area contributed by atoms with E-state index in [0.29, 0.717) is 25.6 Å². The van der Waals surface area contributed by atoms with Crippen LogP contribution >= 0.6 is 0 Å². The normalized spacial score (nSPS) is 31.2. The largest absolute Gasteiger partial charge is 0.326 e. The molecule has 3 saturated heterocycles. The molecule has 3 aliphatic heterocycles. The first kappa shape index (κ1) is 12.6. The third-order valence-corrected chi connectivity index (χ3v) is 4.50. The molecule has 19 heavy (non-hydrogen) atoms. The summed E-state index contributed by atoms with van der Waals surface area (Å²) in [6, 6.07) is 0.438. The lowest BCUT2D eigenvalue weighted by molar-refractivity contribution is 0.111. The van der Waals surface area contributed by atoms with Crippen molar-refractivity contribution in [3.8, 4) is 0 Å². The Morgan fingerprint density at radius 1 is 1.11 bits per heavy atom. The molecule has 0 aliphatic carbocycles. The van der Waals surface area contributed by atoms with Crippen LogP contribution in [0.5, 0.6) is 0 Å². The van der Waals surface area contributed by atoms with E-state index >= 15 is 0 Å². The molecule has 4 amide bonds. The Kier molecular flexibility index (Phi) is 3.03. The number of rotatable bonds is 0. The second kappa shape index (κ2) is 4.58. The molecule has 3 rings (SSSR count). The molecule has 3 aliphatic rings. The molecule has 0 saturated carbocycles. The first-order valence-electron chi connectivity index (χ1n) is 7.12. The number of amides is 4. The van der Waals surface area contributed by atoms with Crippen molar-refractivity contribution in [2.75, 3.05) is 46.3 Å². The maximum Gasteiger partial charge on any atom is 0.320 e. The van der Waals surface area contributed by atoms with E-state index < -0.39 is 0 Å². The van der Waals surface area contributed by atoms with Crippen molar-refractivity contribution < 1.29 is 9.59 Å². The average Bonchev–Trinajstić information content (AvgIpc) is 2.94. The van der Waals surface area contributed by atoms with Gasteiger partial charge < -0.3 is 19.6 Å². The van der Waals surface area contributed by atoms with Gasteiger partial charge in [-0.15, -0.1) is 0 Å². The summed E-state index contributed by atoms with van der Waals surface area (Å²) in [5, 5.41) is 0. The van der Waals surface area contributed by atoms with Gasteiger partial charge in [0.05, 0.1) is 6.04 Å². The van der Waals surface area contributed by atoms with Gasteiger partial charge in [-0.1, -0.05) is 6.92 Å². The van der Waals surface area contributed by atoms with Crippen LogP contribution < -0.4 is 0 Å². The lowest BCUT2D eigenvalue weighted by Crippen LogP contribution is -2.56. The zero-order valence-corrected chi connectivity index (χ0v) is 11.7. The third kappa shape index (κ3) is 2.13. The monoisotopic (exact) mass is 266 g/mol. The standard InChI is InChI=1S/C13H22N4O2/c1-10-3-4-15(7-10)13(19)16-5-6-17-11(9-16)8-14(2)12(17)18/h10-11H,3-9H2,1-2H3. The lowest BCUT2D eigenvalue weighted by Gasteiger charge is -2.38. The van der Waals surface area contributed by atoms with Crippen LogP contribution in [0.3, 0.4) is 0 Å². The van der Waals surface area contributed by atoms with Crippen LogP contribution in [0.2, 0.25) is 0 Å². The highest BCUT2D eigenvalue weighted by Crippen LogP contribution is 2.22. The van der Waals surface area contributed by atoms with Crippen molar-refractivity contribution in [3.05, 3.63) is 0 Å². The van der Waals surface area contributed by atoms with E-state index in [9.17, 15) is 9.59 Å². The highest BCUT2D eigenvalue weighted by atomic mass is 16.2. The van der Waals surface area contributed by atoms with Crippen molar-refractivity contribution >= 4 is 12.1 Å². The van der Waals surface area contributed by atoms with Gasteiger partial charge in [-0.3, -0.25) is 0 Å². The molecule has 2 unspecified atom stereocenters. The van der Waals surface area contributed by atoms with Crippen LogP contribution in [0, 0.1) is 5.92 Å². The Morgan fingerprint density at radius 3 is 2.53 bits per heavy atom. The molecule has 6 heteroatoms. The molecule has 3 fully saturated rings. The number of urea groups is 2. The lowest BCUT2D eigenvalue weighted by atomic mass is 10.2. The van der Waals surface area contributed by atoms with Crippen molar-refractivity contribution in [2.24, 2.45) is 5.92 Å². The van der Waals surface area contributed by atoms with E-state index in [1.165, 1.54) is 0 Å². The average molecular weight is 266 g/mol. The first-order valence-corrected chi connectivity index (χ1v) is 7.12. The molecule has 2 atom stereocenters. The summed E-state index contributed by atoms with van der Waals surface area (Å²) < 4.78 is 0. The molecule has 3 heterocycles. The van der Waals surface area contributed by atoms with Crippen LogP contribution in [-0.2, 0) is 0 Å². The summed E-state index contributed by atoms with van der Waals surface area (Å²) in [5.74, 6) is 0.615. The second-order valence-corrected chi connectivity index (χ2v) is 6.08. The maximum absolute atomic E-state index is 12.4. The Morgan fingerprint density at radius 2 is 1.84 bits per heavy atom. The van der Waals surface area contributed by atoms with Gasteiger partial charge in [-0.2, -0.15) is 0 Å². The van der Waals surface area contributed by atoms with Gasteiger partial charge in [-0.05, 0) is 12.3 Å². The molecule has 0 aromatic rings. The third-order valence-electron chi connectivity index (χ3n) is 4.50. The molecule has 6 nitrogen and oxygen atoms in total. The van der Waals surface area contributed by atoms with Crippen LogP contribution in [0.25, 0.3) is 0 Å². The summed E-state index contributed by atoms with van der Waals surface area (Å²) in [6.07, 6.45) is 1.11. The van der Waals surface area contributed by atoms with E-state index in [0.717, 1.165) is 26.1 Å². The number of hydrogen-bond acceptors (Lipinski definition) is 2. The Balaban J connectivity index is 1.62. The van der Waals surface area contributed by atoms with E-state index in [1.807, 2.05) is 21.7 Å². The molecule has 0 radical (unpaired) electrons. The predicted molar refractivity (Wildman–Crippen MR) is 70.8 cm³/mol. The maximum atomic E-state index is 12.4. The van der Waals surface area contributed by atoms with E-state index in [4.69, 9.17) is 0 Å². The molecule has 0 aromatic carbocycles. The topological polar surface area (TPSA) is 47.1 Å². The Bertz CT molecular complexity index is 400. The van der Waals surface area contributed by atoms with Gasteiger partial charge in [0.2, 0.25) is 0 Å². The number of hydrogen-bond donors (Lipinski definition) is 0. The molecule has 0 bridgehead atoms. The quantitative estimate of drug-likeness (QED) is 0.641. The molecule has 0 N–H and O–H groups in total. The van der Waals surface area contributed by atoms with Crippen molar-refractivity contribution in [2.45, 2.75) is 19.4 Å². The van der Waals surface area contributed by atoms with Crippen LogP contribution in [0.15, 0.2) is 0 Å². The van der Waals surface area contributed by atoms with Gasteiger partial charge in [0.25, 0.3) is 0 Å². The predicted octanol–water partition coefficient (Wildman–Crippen LogP) is 0.500. The van der Waals surface area contributed by atoms with Gasteiger partial charge >= 0.3 is 12.1 Å². The zero-order chi connectivity index (χ0) is 13.6. The Labute approximate surface area is 113 Å². The van der Waals surface area contributed by atoms with E-state index in [2.05, 4.69) is 6.92 Å². The van der Waals surface area contributed by atoms with Gasteiger partial charge in [0.15, 0.2) is 0 Å². The molecule has 106 valence electrons. The molecular weight excluding hydrogens is 244 g/mol. The number of carbonyl (C=O) groups is 2. The van der Waals surface area contributed by atoms with Crippen molar-refractivity contribution in [1.29, 1.82) is 0 Å². The minimum Gasteiger partial charge on any atom is -0.326 e. The fourth-order valence-corrected chi connectivity index (χ4v) is 3.36. The van der Waals surface area contributed by atoms with Gasteiger partial charge in [0.1, 0.15) is 0 Å². The molecule has 0 aromatic heterocycles. The number of fused-ring (bicyclic) bond motifs is 1. The van der Waals surface area contributed by atoms with Crippen LogP contribution in [0.4, 0.5) is 9.59 Å². The smallest absolute Gasteiger partial charge is 0.320 e. The summed E-state index contributed by atoms with van der Waals surface area (Å²) in [5.41, 5.74) is 0. The van der Waals surface area contributed by atoms with Crippen molar-refractivity contribution in [3.63, 3.8) is 0 Å². The van der Waals surface area contributed by atoms with Crippen LogP contribution in [0.1, 0.15) is 13.3 Å². The summed E-state index contributed by atoms with van der Waals surface area (Å²) in [7, 11) is 1.83. The SMILES string of the molecule is CC1CCN(C(=O)N2CCN3C(=O)N(C)CC3C2)C1. The van der Waals surface area contributed by atoms with E-state index in [-0.39, 0.29) is 18.1 Å². The fraction of sp³-hybridized carbons (Fsp3) is 0.846. The first-order chi connectivity index (χ1) is 9.06. The van der Waals surface area contributed by atoms with Gasteiger partial charge in [0, 0.05) is 46.3 Å². The molecule has 0 spiro atoms. The fourth-order valence-electron chi connectivity index (χ4n) is 3.36. The Hall–Kier alpha value is -1.46. The highest BCUT2D eigenvalue weighted by Gasteiger charge is 2.41. The molecular formula is C13H22N4O2. The van der Waals surface area contributed by atoms with Crippen LogP contribution in [-0.4, -0.2) is 84.0 Å². The number of carbonyl (C=O) groups excluding carboxylic acids is 2. The second-order valence-electron chi connectivity index (χ2n) is 6.08. The number of nitrogens with zero attached hydrogens (tertiary/aromatic N) is 4. The minimum atomic E-state index is 0.104. The van der Waals surface area contributed by atoms with Gasteiger partial charge in [-0.25, -0.2) is 9.59 Å².